The standard InChI is InChI=1S/C33H23N9O19S4/c43-29-24-13(9-20(61-33(48)49)25(29)37-36-19-8-4-16(42(50)51)12-22(19)64(55,56)57)10-23(65(58,59)60)26(30(24)44)38-35-18-7-1-14(11-21(18)62)34-39-27-28(32(46)47)40-41(31(27)45)15-2-5-17(6-3-15)63(52,53)54/h1-12,33,43-45,48-49,62H,(H,46,47)(H,52,53,54)(H,55,56,57)(H,58,59,60). The Balaban J connectivity index is 1.40. The predicted octanol–water partition coefficient (Wildman–Crippen LogP) is 5.67. The monoisotopic (exact) mass is 977 g/mol. The number of carboxylic acids is 1. The number of aromatic carboxylic acids is 1. The minimum Gasteiger partial charge on any atom is -0.505 e. The van der Waals surface area contributed by atoms with E-state index in [0.717, 1.165) is 48.5 Å². The summed E-state index contributed by atoms with van der Waals surface area (Å²) in [6, 6.07) is 10.9. The number of fused-ring (bicyclic) bond motifs is 1. The number of phenols is 2. The topological polar surface area (TPSA) is 446 Å². The van der Waals surface area contributed by atoms with Gasteiger partial charge in [0.25, 0.3) is 36.0 Å². The SMILES string of the molecule is O=C(O)c1nn(-c2ccc(S(=O)(=O)O)cc2)c(O)c1N=Nc1ccc(N=Nc2c(S(=O)(=O)O)cc3cc(OC(O)O)c(N=Nc4ccc([N+](=O)[O-])cc4S(=O)(=O)O)c(O)c3c2O)c(S)c1. The Morgan fingerprint density at radius 1 is 0.723 bits per heavy atom. The van der Waals surface area contributed by atoms with Gasteiger partial charge in [0.05, 0.1) is 32.3 Å². The summed E-state index contributed by atoms with van der Waals surface area (Å²) in [5, 5.41) is 98.2. The van der Waals surface area contributed by atoms with Crippen molar-refractivity contribution in [1.82, 2.24) is 9.78 Å². The van der Waals surface area contributed by atoms with E-state index in [4.69, 9.17) is 4.74 Å². The molecule has 0 aliphatic heterocycles. The number of aromatic nitrogens is 2. The van der Waals surface area contributed by atoms with E-state index in [2.05, 4.69) is 48.4 Å². The largest absolute Gasteiger partial charge is 0.505 e. The Bertz CT molecular complexity index is 3410. The van der Waals surface area contributed by atoms with Crippen molar-refractivity contribution >= 4 is 99.5 Å². The second-order valence-electron chi connectivity index (χ2n) is 12.5. The number of ether oxygens (including phenoxy) is 1. The minimum atomic E-state index is -5.33. The summed E-state index contributed by atoms with van der Waals surface area (Å²) in [7, 11) is -15.1. The van der Waals surface area contributed by atoms with E-state index in [-0.39, 0.29) is 22.0 Å². The first-order chi connectivity index (χ1) is 30.3. The van der Waals surface area contributed by atoms with Crippen LogP contribution in [0.1, 0.15) is 10.5 Å². The van der Waals surface area contributed by atoms with Gasteiger partial charge in [0.2, 0.25) is 11.6 Å². The number of benzene rings is 5. The fraction of sp³-hybridized carbons (Fsp3) is 0.0303. The summed E-state index contributed by atoms with van der Waals surface area (Å²) in [4.78, 5) is 19.3. The van der Waals surface area contributed by atoms with E-state index in [9.17, 15) is 84.5 Å². The average Bonchev–Trinajstić information content (AvgIpc) is 3.54. The summed E-state index contributed by atoms with van der Waals surface area (Å²) in [5.74, 6) is -5.74. The van der Waals surface area contributed by atoms with Crippen molar-refractivity contribution in [3.63, 3.8) is 0 Å². The Labute approximate surface area is 366 Å². The highest BCUT2D eigenvalue weighted by atomic mass is 32.2. The third-order valence-corrected chi connectivity index (χ3v) is 11.3. The molecule has 28 nitrogen and oxygen atoms in total. The summed E-state index contributed by atoms with van der Waals surface area (Å²) < 4.78 is 106. The first-order valence-corrected chi connectivity index (χ1v) is 21.6. The maximum Gasteiger partial charge on any atom is 0.358 e. The molecule has 65 heavy (non-hydrogen) atoms. The van der Waals surface area contributed by atoms with Gasteiger partial charge in [-0.05, 0) is 66.0 Å². The maximum absolute atomic E-state index is 12.5. The third kappa shape index (κ3) is 9.98. The molecular formula is C33H23N9O19S4. The van der Waals surface area contributed by atoms with Gasteiger partial charge in [-0.25, -0.2) is 4.79 Å². The van der Waals surface area contributed by atoms with Gasteiger partial charge in [-0.3, -0.25) is 23.8 Å². The number of nitro groups is 1. The fourth-order valence-electron chi connectivity index (χ4n) is 5.51. The van der Waals surface area contributed by atoms with Crippen LogP contribution in [0.4, 0.5) is 39.8 Å². The molecule has 0 radical (unpaired) electrons. The molecular weight excluding hydrogens is 955 g/mol. The zero-order valence-electron chi connectivity index (χ0n) is 31.3. The van der Waals surface area contributed by atoms with E-state index >= 15 is 0 Å². The van der Waals surface area contributed by atoms with Crippen LogP contribution in [0.3, 0.4) is 0 Å². The maximum atomic E-state index is 12.5. The van der Waals surface area contributed by atoms with Gasteiger partial charge in [0.1, 0.15) is 21.2 Å². The van der Waals surface area contributed by atoms with Gasteiger partial charge in [-0.2, -0.15) is 40.1 Å². The number of non-ortho nitro benzene ring substituents is 1. The van der Waals surface area contributed by atoms with Crippen LogP contribution in [0.2, 0.25) is 0 Å². The normalized spacial score (nSPS) is 12.6. The number of nitrogens with zero attached hydrogens (tertiary/aromatic N) is 9. The van der Waals surface area contributed by atoms with Crippen molar-refractivity contribution in [1.29, 1.82) is 0 Å². The molecule has 0 unspecified atom stereocenters. The Kier molecular flexibility index (Phi) is 12.7. The Morgan fingerprint density at radius 3 is 1.88 bits per heavy atom. The molecule has 0 fully saturated rings. The minimum absolute atomic E-state index is 0.0427. The summed E-state index contributed by atoms with van der Waals surface area (Å²) >= 11 is 4.27. The highest BCUT2D eigenvalue weighted by Crippen LogP contribution is 2.52. The van der Waals surface area contributed by atoms with Crippen LogP contribution in [0.5, 0.6) is 23.1 Å². The second-order valence-corrected chi connectivity index (χ2v) is 17.2. The second kappa shape index (κ2) is 17.5. The zero-order chi connectivity index (χ0) is 47.9. The average molecular weight is 978 g/mol. The molecule has 0 bridgehead atoms. The van der Waals surface area contributed by atoms with Crippen LogP contribution in [0.15, 0.2) is 123 Å². The molecule has 0 saturated heterocycles. The molecule has 0 aliphatic rings. The number of carbonyl (C=O) groups is 1. The van der Waals surface area contributed by atoms with E-state index in [1.165, 1.54) is 12.1 Å². The number of thiol groups is 1. The predicted molar refractivity (Wildman–Crippen MR) is 217 cm³/mol. The lowest BCUT2D eigenvalue weighted by Crippen LogP contribution is -2.13. The van der Waals surface area contributed by atoms with Gasteiger partial charge >= 0.3 is 12.4 Å². The first-order valence-electron chi connectivity index (χ1n) is 16.8. The van der Waals surface area contributed by atoms with Crippen molar-refractivity contribution in [3.05, 3.63) is 88.6 Å². The molecule has 1 aromatic heterocycles. The molecule has 32 heteroatoms. The number of phenolic OH excluding ortho intramolecular Hbond substituents is 2. The lowest BCUT2D eigenvalue weighted by atomic mass is 10.1. The molecule has 6 aromatic rings. The van der Waals surface area contributed by atoms with E-state index < -0.39 is 130 Å². The van der Waals surface area contributed by atoms with Crippen molar-refractivity contribution in [3.8, 4) is 28.8 Å². The number of aliphatic hydroxyl groups excluding tert-OH is 1. The molecule has 0 saturated carbocycles. The van der Waals surface area contributed by atoms with Crippen molar-refractivity contribution < 1.29 is 84.0 Å². The zero-order valence-corrected chi connectivity index (χ0v) is 34.7. The van der Waals surface area contributed by atoms with Crippen molar-refractivity contribution in [2.75, 3.05) is 0 Å². The van der Waals surface area contributed by atoms with Gasteiger partial charge in [0, 0.05) is 17.0 Å². The Hall–Kier alpha value is -7.56. The molecule has 6 rings (SSSR count). The van der Waals surface area contributed by atoms with Crippen LogP contribution >= 0.6 is 12.6 Å². The van der Waals surface area contributed by atoms with E-state index in [1.54, 1.807) is 0 Å². The fourth-order valence-corrected chi connectivity index (χ4v) is 7.54. The van der Waals surface area contributed by atoms with Crippen LogP contribution < -0.4 is 4.74 Å². The lowest BCUT2D eigenvalue weighted by molar-refractivity contribution is -0.385. The van der Waals surface area contributed by atoms with Crippen LogP contribution in [-0.2, 0) is 30.4 Å². The smallest absolute Gasteiger partial charge is 0.358 e. The molecule has 0 spiro atoms. The van der Waals surface area contributed by atoms with Gasteiger partial charge in [-0.15, -0.1) is 38.2 Å². The van der Waals surface area contributed by atoms with Crippen LogP contribution in [0.25, 0.3) is 16.5 Å². The molecule has 9 N–H and O–H groups in total. The third-order valence-electron chi connectivity index (χ3n) is 8.35. The number of hydrogen-bond donors (Lipinski definition) is 10. The van der Waals surface area contributed by atoms with E-state index in [1.807, 2.05) is 0 Å². The number of aromatic hydroxyl groups is 3. The molecule has 1 heterocycles. The highest BCUT2D eigenvalue weighted by Gasteiger charge is 2.28. The Morgan fingerprint density at radius 2 is 1.31 bits per heavy atom. The van der Waals surface area contributed by atoms with Gasteiger partial charge < -0.3 is 35.4 Å². The molecule has 0 atom stereocenters. The molecule has 338 valence electrons. The van der Waals surface area contributed by atoms with Gasteiger partial charge in [0.15, 0.2) is 28.6 Å². The van der Waals surface area contributed by atoms with Gasteiger partial charge in [-0.1, -0.05) is 0 Å². The number of rotatable bonds is 14. The summed E-state index contributed by atoms with van der Waals surface area (Å²) in [6.45, 7) is -2.67. The van der Waals surface area contributed by atoms with Crippen molar-refractivity contribution in [2.45, 2.75) is 26.1 Å². The first kappa shape index (κ1) is 46.9. The summed E-state index contributed by atoms with van der Waals surface area (Å²) in [5.41, 5.74) is -5.26. The highest BCUT2D eigenvalue weighted by molar-refractivity contribution is 7.86. The number of aliphatic hydroxyl groups is 2. The number of azo groups is 3. The number of carboxylic acid groups (broad SMARTS) is 1. The molecule has 5 aromatic carbocycles. The van der Waals surface area contributed by atoms with Crippen molar-refractivity contribution in [2.24, 2.45) is 30.7 Å². The molecule has 0 aliphatic carbocycles. The quantitative estimate of drug-likeness (QED) is 0.0157. The number of hydrogen-bond acceptors (Lipinski definition) is 23. The summed E-state index contributed by atoms with van der Waals surface area (Å²) in [6.07, 6.45) is 0. The van der Waals surface area contributed by atoms with E-state index in [0.29, 0.717) is 16.8 Å². The lowest BCUT2D eigenvalue weighted by Gasteiger charge is -2.15. The number of nitro benzene ring substituents is 1. The molecule has 0 amide bonds. The van der Waals surface area contributed by atoms with Crippen LogP contribution in [0, 0.1) is 10.1 Å². The van der Waals surface area contributed by atoms with Crippen LogP contribution in [-0.4, -0.2) is 96.7 Å².